The Hall–Kier alpha value is -1.03. The molecule has 1 fully saturated rings. The topological polar surface area (TPSA) is 20.3 Å². The third-order valence-corrected chi connectivity index (χ3v) is 3.79. The second kappa shape index (κ2) is 4.45. The molecule has 2 rings (SSSR count). The molecule has 0 unspecified atom stereocenters. The standard InChI is InChI=1S/C12H14FNOS/c1-8(2)14-11(15)10(13)16-12(14)9-6-4-3-5-7-9/h3-8,10,12H,1-2H3/t10-,12+/m0/s1. The van der Waals surface area contributed by atoms with Crippen LogP contribution < -0.4 is 0 Å². The number of carbonyl (C=O) groups excluding carboxylic acids is 1. The molecule has 1 saturated heterocycles. The lowest BCUT2D eigenvalue weighted by atomic mass is 10.2. The summed E-state index contributed by atoms with van der Waals surface area (Å²) in [5.41, 5.74) is -0.442. The van der Waals surface area contributed by atoms with E-state index in [1.54, 1.807) is 4.90 Å². The fraction of sp³-hybridized carbons (Fsp3) is 0.417. The van der Waals surface area contributed by atoms with E-state index < -0.39 is 11.4 Å². The quantitative estimate of drug-likeness (QED) is 0.790. The highest BCUT2D eigenvalue weighted by molar-refractivity contribution is 8.01. The Bertz CT molecular complexity index is 382. The van der Waals surface area contributed by atoms with Gasteiger partial charge in [0.15, 0.2) is 0 Å². The third-order valence-electron chi connectivity index (χ3n) is 2.59. The average molecular weight is 239 g/mol. The average Bonchev–Trinajstić information content (AvgIpc) is 2.57. The Morgan fingerprint density at radius 3 is 2.50 bits per heavy atom. The minimum Gasteiger partial charge on any atom is -0.321 e. The van der Waals surface area contributed by atoms with Gasteiger partial charge in [0.25, 0.3) is 5.91 Å². The summed E-state index contributed by atoms with van der Waals surface area (Å²) in [5, 5.41) is -0.191. The molecule has 1 aliphatic rings. The van der Waals surface area contributed by atoms with Gasteiger partial charge >= 0.3 is 0 Å². The summed E-state index contributed by atoms with van der Waals surface area (Å²) in [4.78, 5) is 13.3. The lowest BCUT2D eigenvalue weighted by Crippen LogP contribution is -2.35. The van der Waals surface area contributed by atoms with E-state index in [9.17, 15) is 9.18 Å². The molecule has 0 saturated carbocycles. The van der Waals surface area contributed by atoms with Crippen molar-refractivity contribution in [2.75, 3.05) is 0 Å². The third kappa shape index (κ3) is 1.94. The van der Waals surface area contributed by atoms with Crippen molar-refractivity contribution in [3.8, 4) is 0 Å². The zero-order valence-corrected chi connectivity index (χ0v) is 10.1. The van der Waals surface area contributed by atoms with Gasteiger partial charge in [0.2, 0.25) is 5.50 Å². The first kappa shape index (κ1) is 11.5. The molecular formula is C12H14FNOS. The molecule has 1 amide bonds. The van der Waals surface area contributed by atoms with Crippen molar-refractivity contribution in [2.24, 2.45) is 0 Å². The number of halogens is 1. The lowest BCUT2D eigenvalue weighted by Gasteiger charge is -2.27. The van der Waals surface area contributed by atoms with E-state index in [0.717, 1.165) is 17.3 Å². The summed E-state index contributed by atoms with van der Waals surface area (Å²) in [6.45, 7) is 3.82. The van der Waals surface area contributed by atoms with E-state index in [0.29, 0.717) is 0 Å². The minimum atomic E-state index is -1.42. The van der Waals surface area contributed by atoms with Gasteiger partial charge in [-0.3, -0.25) is 4.79 Å². The fourth-order valence-corrected chi connectivity index (χ4v) is 3.11. The van der Waals surface area contributed by atoms with Crippen molar-refractivity contribution in [3.05, 3.63) is 35.9 Å². The first-order valence-corrected chi connectivity index (χ1v) is 6.22. The van der Waals surface area contributed by atoms with Gasteiger partial charge in [-0.05, 0) is 19.4 Å². The van der Waals surface area contributed by atoms with Crippen molar-refractivity contribution >= 4 is 17.7 Å². The van der Waals surface area contributed by atoms with E-state index in [4.69, 9.17) is 0 Å². The second-order valence-electron chi connectivity index (χ2n) is 4.05. The molecule has 1 aliphatic heterocycles. The van der Waals surface area contributed by atoms with Crippen LogP contribution >= 0.6 is 11.8 Å². The van der Waals surface area contributed by atoms with Crippen LogP contribution in [0.5, 0.6) is 0 Å². The van der Waals surface area contributed by atoms with Gasteiger partial charge in [-0.2, -0.15) is 0 Å². The number of hydrogen-bond acceptors (Lipinski definition) is 2. The van der Waals surface area contributed by atoms with Crippen molar-refractivity contribution in [2.45, 2.75) is 30.8 Å². The minimum absolute atomic E-state index is 0.0194. The van der Waals surface area contributed by atoms with Gasteiger partial charge < -0.3 is 4.90 Å². The molecule has 86 valence electrons. The molecule has 2 atom stereocenters. The van der Waals surface area contributed by atoms with Crippen LogP contribution in [-0.4, -0.2) is 22.4 Å². The number of amides is 1. The summed E-state index contributed by atoms with van der Waals surface area (Å²) in [6.07, 6.45) is 0. The Morgan fingerprint density at radius 2 is 1.94 bits per heavy atom. The highest BCUT2D eigenvalue weighted by Gasteiger charge is 2.42. The van der Waals surface area contributed by atoms with Crippen LogP contribution in [0.2, 0.25) is 0 Å². The number of hydrogen-bond donors (Lipinski definition) is 0. The molecule has 1 aromatic rings. The first-order valence-electron chi connectivity index (χ1n) is 5.28. The van der Waals surface area contributed by atoms with Gasteiger partial charge in [0.1, 0.15) is 5.37 Å². The van der Waals surface area contributed by atoms with Crippen molar-refractivity contribution in [3.63, 3.8) is 0 Å². The molecule has 2 nitrogen and oxygen atoms in total. The number of alkyl halides is 1. The summed E-state index contributed by atoms with van der Waals surface area (Å²) < 4.78 is 13.4. The van der Waals surface area contributed by atoms with Crippen LogP contribution in [0.1, 0.15) is 24.8 Å². The highest BCUT2D eigenvalue weighted by Crippen LogP contribution is 2.44. The van der Waals surface area contributed by atoms with E-state index in [-0.39, 0.29) is 11.4 Å². The van der Waals surface area contributed by atoms with E-state index in [2.05, 4.69) is 0 Å². The van der Waals surface area contributed by atoms with Crippen LogP contribution in [0.3, 0.4) is 0 Å². The fourth-order valence-electron chi connectivity index (χ4n) is 1.85. The summed E-state index contributed by atoms with van der Waals surface area (Å²) >= 11 is 1.07. The Balaban J connectivity index is 2.31. The molecule has 0 radical (unpaired) electrons. The Kier molecular flexibility index (Phi) is 3.19. The number of nitrogens with zero attached hydrogens (tertiary/aromatic N) is 1. The Labute approximate surface area is 98.8 Å². The van der Waals surface area contributed by atoms with Crippen molar-refractivity contribution in [1.82, 2.24) is 4.90 Å². The zero-order chi connectivity index (χ0) is 11.7. The summed E-state index contributed by atoms with van der Waals surface area (Å²) in [6, 6.07) is 9.61. The first-order chi connectivity index (χ1) is 7.61. The maximum Gasteiger partial charge on any atom is 0.269 e. The lowest BCUT2D eigenvalue weighted by molar-refractivity contribution is -0.134. The van der Waals surface area contributed by atoms with Gasteiger partial charge in [0, 0.05) is 6.04 Å². The van der Waals surface area contributed by atoms with Gasteiger partial charge in [0.05, 0.1) is 0 Å². The van der Waals surface area contributed by atoms with Crippen LogP contribution in [0.25, 0.3) is 0 Å². The number of benzene rings is 1. The van der Waals surface area contributed by atoms with Gasteiger partial charge in [-0.15, -0.1) is 0 Å². The SMILES string of the molecule is CC(C)N1C(=O)[C@@H](F)S[C@@H]1c1ccccc1. The predicted octanol–water partition coefficient (Wildman–Crippen LogP) is 2.96. The highest BCUT2D eigenvalue weighted by atomic mass is 32.2. The number of thioether (sulfide) groups is 1. The summed E-state index contributed by atoms with van der Waals surface area (Å²) in [7, 11) is 0. The van der Waals surface area contributed by atoms with Gasteiger partial charge in [-0.1, -0.05) is 42.1 Å². The van der Waals surface area contributed by atoms with E-state index in [1.807, 2.05) is 44.2 Å². The largest absolute Gasteiger partial charge is 0.321 e. The molecule has 0 aromatic heterocycles. The maximum atomic E-state index is 13.4. The molecule has 0 N–H and O–H groups in total. The molecular weight excluding hydrogens is 225 g/mol. The Morgan fingerprint density at radius 1 is 1.31 bits per heavy atom. The van der Waals surface area contributed by atoms with Crippen molar-refractivity contribution < 1.29 is 9.18 Å². The molecule has 1 aromatic carbocycles. The molecule has 1 heterocycles. The van der Waals surface area contributed by atoms with Crippen molar-refractivity contribution in [1.29, 1.82) is 0 Å². The summed E-state index contributed by atoms with van der Waals surface area (Å²) in [5.74, 6) is -0.408. The van der Waals surface area contributed by atoms with Crippen LogP contribution in [0.15, 0.2) is 30.3 Å². The predicted molar refractivity (Wildman–Crippen MR) is 63.7 cm³/mol. The number of rotatable bonds is 2. The number of carbonyl (C=O) groups is 1. The van der Waals surface area contributed by atoms with Gasteiger partial charge in [-0.25, -0.2) is 4.39 Å². The van der Waals surface area contributed by atoms with Crippen LogP contribution in [-0.2, 0) is 4.79 Å². The zero-order valence-electron chi connectivity index (χ0n) is 9.26. The molecule has 16 heavy (non-hydrogen) atoms. The second-order valence-corrected chi connectivity index (χ2v) is 5.19. The molecule has 0 aliphatic carbocycles. The molecule has 4 heteroatoms. The van der Waals surface area contributed by atoms with Crippen LogP contribution in [0, 0.1) is 0 Å². The smallest absolute Gasteiger partial charge is 0.269 e. The maximum absolute atomic E-state index is 13.4. The van der Waals surface area contributed by atoms with E-state index >= 15 is 0 Å². The normalized spacial score (nSPS) is 25.5. The molecule has 0 bridgehead atoms. The molecule has 0 spiro atoms. The van der Waals surface area contributed by atoms with E-state index in [1.165, 1.54) is 0 Å². The monoisotopic (exact) mass is 239 g/mol. The van der Waals surface area contributed by atoms with Crippen LogP contribution in [0.4, 0.5) is 4.39 Å².